The molecule has 1 N–H and O–H groups in total. The van der Waals surface area contributed by atoms with Crippen molar-refractivity contribution in [3.8, 4) is 0 Å². The number of nitrogens with one attached hydrogen (secondary N) is 1. The van der Waals surface area contributed by atoms with Crippen molar-refractivity contribution < 1.29 is 4.52 Å². The maximum absolute atomic E-state index is 5.32. The molecular weight excluding hydrogens is 311 g/mol. The van der Waals surface area contributed by atoms with Gasteiger partial charge in [-0.2, -0.15) is 4.98 Å². The van der Waals surface area contributed by atoms with Gasteiger partial charge in [0, 0.05) is 32.6 Å². The first kappa shape index (κ1) is 17.9. The van der Waals surface area contributed by atoms with E-state index in [9.17, 15) is 0 Å². The van der Waals surface area contributed by atoms with Crippen LogP contribution < -0.4 is 5.32 Å². The van der Waals surface area contributed by atoms with E-state index in [2.05, 4.69) is 32.5 Å². The standard InChI is InChI=1S/C14H18N4O.2ClH/c1-2-4-12(5-3-1)10-13-16-14(19-17-13)11-18-8-6-15-7-9-18;;/h1-5,15H,6-11H2;2*1H. The van der Waals surface area contributed by atoms with E-state index in [-0.39, 0.29) is 24.8 Å². The van der Waals surface area contributed by atoms with Crippen LogP contribution in [0.5, 0.6) is 0 Å². The molecule has 0 aliphatic carbocycles. The largest absolute Gasteiger partial charge is 0.338 e. The zero-order chi connectivity index (χ0) is 12.9. The lowest BCUT2D eigenvalue weighted by Gasteiger charge is -2.25. The van der Waals surface area contributed by atoms with Gasteiger partial charge in [-0.25, -0.2) is 0 Å². The Labute approximate surface area is 136 Å². The molecule has 1 aromatic carbocycles. The van der Waals surface area contributed by atoms with Gasteiger partial charge in [-0.05, 0) is 5.56 Å². The van der Waals surface area contributed by atoms with Crippen molar-refractivity contribution in [2.45, 2.75) is 13.0 Å². The molecule has 1 fully saturated rings. The van der Waals surface area contributed by atoms with Crippen LogP contribution in [-0.2, 0) is 13.0 Å². The van der Waals surface area contributed by atoms with Crippen LogP contribution >= 0.6 is 24.8 Å². The highest BCUT2D eigenvalue weighted by atomic mass is 35.5. The van der Waals surface area contributed by atoms with Gasteiger partial charge in [-0.3, -0.25) is 4.90 Å². The normalized spacial score (nSPS) is 15.0. The third-order valence-corrected chi connectivity index (χ3v) is 3.28. The predicted octanol–water partition coefficient (Wildman–Crippen LogP) is 1.91. The van der Waals surface area contributed by atoms with Crippen LogP contribution in [0.3, 0.4) is 0 Å². The summed E-state index contributed by atoms with van der Waals surface area (Å²) in [6, 6.07) is 10.2. The summed E-state index contributed by atoms with van der Waals surface area (Å²) in [5.41, 5.74) is 1.21. The Morgan fingerprint density at radius 2 is 1.81 bits per heavy atom. The van der Waals surface area contributed by atoms with Crippen molar-refractivity contribution in [1.82, 2.24) is 20.4 Å². The molecule has 0 radical (unpaired) electrons. The first-order valence-corrected chi connectivity index (χ1v) is 6.68. The SMILES string of the molecule is Cl.Cl.c1ccc(Cc2noc(CN3CCNCC3)n2)cc1. The highest BCUT2D eigenvalue weighted by Gasteiger charge is 2.14. The molecule has 5 nitrogen and oxygen atoms in total. The van der Waals surface area contributed by atoms with E-state index in [1.54, 1.807) is 0 Å². The molecule has 1 aliphatic heterocycles. The topological polar surface area (TPSA) is 54.2 Å². The predicted molar refractivity (Wildman–Crippen MR) is 86.2 cm³/mol. The molecule has 116 valence electrons. The minimum Gasteiger partial charge on any atom is -0.338 e. The first-order chi connectivity index (χ1) is 9.40. The van der Waals surface area contributed by atoms with Crippen molar-refractivity contribution >= 4 is 24.8 Å². The molecule has 2 aromatic rings. The third-order valence-electron chi connectivity index (χ3n) is 3.28. The van der Waals surface area contributed by atoms with E-state index in [1.807, 2.05) is 18.2 Å². The molecule has 1 aliphatic rings. The molecule has 0 spiro atoms. The van der Waals surface area contributed by atoms with Crippen LogP contribution in [0.25, 0.3) is 0 Å². The maximum Gasteiger partial charge on any atom is 0.240 e. The molecule has 2 heterocycles. The Bertz CT molecular complexity index is 515. The van der Waals surface area contributed by atoms with Gasteiger partial charge in [0.05, 0.1) is 6.54 Å². The number of halogens is 2. The number of piperazine rings is 1. The summed E-state index contributed by atoms with van der Waals surface area (Å²) in [5.74, 6) is 1.48. The second kappa shape index (κ2) is 9.00. The quantitative estimate of drug-likeness (QED) is 0.928. The molecule has 1 aromatic heterocycles. The maximum atomic E-state index is 5.32. The van der Waals surface area contributed by atoms with Crippen molar-refractivity contribution in [2.75, 3.05) is 26.2 Å². The summed E-state index contributed by atoms with van der Waals surface area (Å²) in [6.45, 7) is 4.90. The summed E-state index contributed by atoms with van der Waals surface area (Å²) < 4.78 is 5.32. The van der Waals surface area contributed by atoms with Crippen molar-refractivity contribution in [3.05, 3.63) is 47.6 Å². The van der Waals surface area contributed by atoms with Crippen molar-refractivity contribution in [2.24, 2.45) is 0 Å². The molecule has 7 heteroatoms. The van der Waals surface area contributed by atoms with E-state index >= 15 is 0 Å². The Morgan fingerprint density at radius 1 is 1.10 bits per heavy atom. The highest BCUT2D eigenvalue weighted by Crippen LogP contribution is 2.08. The average Bonchev–Trinajstić information content (AvgIpc) is 2.88. The molecule has 0 atom stereocenters. The molecule has 3 rings (SSSR count). The van der Waals surface area contributed by atoms with Gasteiger partial charge < -0.3 is 9.84 Å². The summed E-state index contributed by atoms with van der Waals surface area (Å²) >= 11 is 0. The van der Waals surface area contributed by atoms with Gasteiger partial charge in [0.15, 0.2) is 5.82 Å². The Balaban J connectivity index is 0.00000110. The monoisotopic (exact) mass is 330 g/mol. The summed E-state index contributed by atoms with van der Waals surface area (Å²) in [5, 5.41) is 7.38. The van der Waals surface area contributed by atoms with Gasteiger partial charge >= 0.3 is 0 Å². The van der Waals surface area contributed by atoms with Crippen LogP contribution in [0.4, 0.5) is 0 Å². The van der Waals surface area contributed by atoms with Crippen LogP contribution in [0.1, 0.15) is 17.3 Å². The minimum atomic E-state index is 0. The zero-order valence-electron chi connectivity index (χ0n) is 11.7. The second-order valence-electron chi connectivity index (χ2n) is 4.79. The fourth-order valence-electron chi connectivity index (χ4n) is 2.27. The van der Waals surface area contributed by atoms with Crippen LogP contribution in [0, 0.1) is 0 Å². The van der Waals surface area contributed by atoms with E-state index in [0.29, 0.717) is 5.89 Å². The van der Waals surface area contributed by atoms with Gasteiger partial charge in [0.1, 0.15) is 0 Å². The lowest BCUT2D eigenvalue weighted by molar-refractivity contribution is 0.203. The van der Waals surface area contributed by atoms with Gasteiger partial charge in [0.25, 0.3) is 0 Å². The molecular formula is C14H20Cl2N4O. The van der Waals surface area contributed by atoms with Crippen LogP contribution in [-0.4, -0.2) is 41.2 Å². The van der Waals surface area contributed by atoms with Crippen molar-refractivity contribution in [3.63, 3.8) is 0 Å². The number of rotatable bonds is 4. The number of hydrogen-bond acceptors (Lipinski definition) is 5. The minimum absolute atomic E-state index is 0. The smallest absolute Gasteiger partial charge is 0.240 e. The third kappa shape index (κ3) is 5.28. The highest BCUT2D eigenvalue weighted by molar-refractivity contribution is 5.85. The van der Waals surface area contributed by atoms with Crippen LogP contribution in [0.2, 0.25) is 0 Å². The molecule has 0 bridgehead atoms. The lowest BCUT2D eigenvalue weighted by atomic mass is 10.1. The molecule has 0 unspecified atom stereocenters. The van der Waals surface area contributed by atoms with Gasteiger partial charge in [-0.1, -0.05) is 35.5 Å². The molecule has 21 heavy (non-hydrogen) atoms. The second-order valence-corrected chi connectivity index (χ2v) is 4.79. The Kier molecular flexibility index (Phi) is 7.67. The van der Waals surface area contributed by atoms with Gasteiger partial charge in [-0.15, -0.1) is 24.8 Å². The van der Waals surface area contributed by atoms with Gasteiger partial charge in [0.2, 0.25) is 5.89 Å². The number of nitrogens with zero attached hydrogens (tertiary/aromatic N) is 3. The van der Waals surface area contributed by atoms with E-state index in [0.717, 1.165) is 45.0 Å². The molecule has 0 saturated carbocycles. The lowest BCUT2D eigenvalue weighted by Crippen LogP contribution is -2.42. The Morgan fingerprint density at radius 3 is 2.52 bits per heavy atom. The fraction of sp³-hybridized carbons (Fsp3) is 0.429. The van der Waals surface area contributed by atoms with Crippen LogP contribution in [0.15, 0.2) is 34.9 Å². The summed E-state index contributed by atoms with van der Waals surface area (Å²) in [7, 11) is 0. The average molecular weight is 331 g/mol. The summed E-state index contributed by atoms with van der Waals surface area (Å²) in [6.07, 6.45) is 0.728. The zero-order valence-corrected chi connectivity index (χ0v) is 13.3. The van der Waals surface area contributed by atoms with Crippen molar-refractivity contribution in [1.29, 1.82) is 0 Å². The molecule has 1 saturated heterocycles. The number of aromatic nitrogens is 2. The Hall–Kier alpha value is -1.14. The van der Waals surface area contributed by atoms with E-state index in [1.165, 1.54) is 5.56 Å². The van der Waals surface area contributed by atoms with E-state index in [4.69, 9.17) is 4.52 Å². The number of hydrogen-bond donors (Lipinski definition) is 1. The first-order valence-electron chi connectivity index (χ1n) is 6.68. The molecule has 0 amide bonds. The number of benzene rings is 1. The fourth-order valence-corrected chi connectivity index (χ4v) is 2.27. The summed E-state index contributed by atoms with van der Waals surface area (Å²) in [4.78, 5) is 6.79. The van der Waals surface area contributed by atoms with E-state index < -0.39 is 0 Å².